The van der Waals surface area contributed by atoms with Crippen LogP contribution < -0.4 is 0 Å². The van der Waals surface area contributed by atoms with E-state index in [0.717, 1.165) is 34.6 Å². The predicted octanol–water partition coefficient (Wildman–Crippen LogP) is 2.14. The third kappa shape index (κ3) is 9.49. The van der Waals surface area contributed by atoms with Crippen molar-refractivity contribution in [3.63, 3.8) is 0 Å². The maximum atomic E-state index is 12.6. The van der Waals surface area contributed by atoms with Gasteiger partial charge in [0.15, 0.2) is 11.9 Å². The molecule has 0 heterocycles. The summed E-state index contributed by atoms with van der Waals surface area (Å²) < 4.78 is 33.6. The Morgan fingerprint density at radius 3 is 1.74 bits per heavy atom. The van der Waals surface area contributed by atoms with Crippen LogP contribution in [0.4, 0.5) is 0 Å². The third-order valence-corrected chi connectivity index (χ3v) is 8.05. The van der Waals surface area contributed by atoms with E-state index in [2.05, 4.69) is 0 Å². The van der Waals surface area contributed by atoms with Crippen molar-refractivity contribution in [3.05, 3.63) is 34.1 Å². The summed E-state index contributed by atoms with van der Waals surface area (Å²) in [6.07, 6.45) is -5.56. The molecule has 0 amide bonds. The van der Waals surface area contributed by atoms with Crippen LogP contribution in [0.1, 0.15) is 75.2 Å². The predicted molar refractivity (Wildman–Crippen MR) is 158 cm³/mol. The van der Waals surface area contributed by atoms with Crippen molar-refractivity contribution in [2.24, 2.45) is 11.3 Å². The molecule has 2 aliphatic rings. The van der Waals surface area contributed by atoms with E-state index in [-0.39, 0.29) is 35.3 Å². The zero-order valence-corrected chi connectivity index (χ0v) is 27.7. The highest BCUT2D eigenvalue weighted by Crippen LogP contribution is 2.52. The molecule has 256 valence electrons. The Balaban J connectivity index is 3.21. The van der Waals surface area contributed by atoms with E-state index in [4.69, 9.17) is 28.4 Å². The highest BCUT2D eigenvalue weighted by atomic mass is 16.6. The number of rotatable bonds is 8. The second kappa shape index (κ2) is 16.0. The second-order valence-electron chi connectivity index (χ2n) is 11.7. The van der Waals surface area contributed by atoms with Crippen LogP contribution in [-0.2, 0) is 57.2 Å². The topological polar surface area (TPSA) is 198 Å². The quantitative estimate of drug-likeness (QED) is 0.220. The number of aliphatic hydroxyl groups excluding tert-OH is 2. The number of esters is 6. The third-order valence-electron chi connectivity index (χ3n) is 8.05. The average Bonchev–Trinajstić information content (AvgIpc) is 2.92. The highest BCUT2D eigenvalue weighted by Gasteiger charge is 2.53. The van der Waals surface area contributed by atoms with Gasteiger partial charge in [-0.2, -0.15) is 0 Å². The van der Waals surface area contributed by atoms with E-state index in [1.165, 1.54) is 19.9 Å². The van der Waals surface area contributed by atoms with Crippen molar-refractivity contribution in [2.45, 2.75) is 106 Å². The number of carbonyl (C=O) groups is 6. The summed E-state index contributed by atoms with van der Waals surface area (Å²) >= 11 is 0. The Morgan fingerprint density at radius 1 is 0.761 bits per heavy atom. The standard InChI is InChI=1S/C32H44O14/c1-15-26(42-18(4)35)11-24-28(44-20(6)37)10-23(13-41-17(3)34)25(40)12-27(43-19(5)36)16(2)30(45-21(7)38)31(46-22(8)39)29(15)32(24,9)14-33/h10,24-28,31,33,40H,11-14H2,1-9H3. The van der Waals surface area contributed by atoms with Gasteiger partial charge in [-0.25, -0.2) is 0 Å². The summed E-state index contributed by atoms with van der Waals surface area (Å²) in [6, 6.07) is 0. The molecule has 46 heavy (non-hydrogen) atoms. The lowest BCUT2D eigenvalue weighted by molar-refractivity contribution is -0.157. The molecular formula is C32H44O14. The molecule has 14 nitrogen and oxygen atoms in total. The maximum Gasteiger partial charge on any atom is 0.307 e. The summed E-state index contributed by atoms with van der Waals surface area (Å²) in [6.45, 7) is 10.4. The molecule has 0 fully saturated rings. The fourth-order valence-electron chi connectivity index (χ4n) is 6.04. The number of hydrogen-bond acceptors (Lipinski definition) is 14. The molecule has 0 saturated heterocycles. The molecule has 0 spiro atoms. The first kappa shape index (κ1) is 38.1. The zero-order valence-electron chi connectivity index (χ0n) is 27.7. The van der Waals surface area contributed by atoms with E-state index in [1.54, 1.807) is 13.8 Å². The first-order valence-electron chi connectivity index (χ1n) is 14.7. The molecule has 7 unspecified atom stereocenters. The van der Waals surface area contributed by atoms with Crippen molar-refractivity contribution in [1.82, 2.24) is 0 Å². The minimum Gasteiger partial charge on any atom is -0.461 e. The molecule has 0 aromatic heterocycles. The highest BCUT2D eigenvalue weighted by molar-refractivity contribution is 5.71. The maximum absolute atomic E-state index is 12.6. The molecule has 0 aromatic rings. The second-order valence-corrected chi connectivity index (χ2v) is 11.7. The van der Waals surface area contributed by atoms with Gasteiger partial charge < -0.3 is 38.6 Å². The van der Waals surface area contributed by atoms with Gasteiger partial charge in [0.2, 0.25) is 0 Å². The lowest BCUT2D eigenvalue weighted by Crippen LogP contribution is -2.52. The molecule has 2 aliphatic carbocycles. The number of hydrogen-bond donors (Lipinski definition) is 2. The van der Waals surface area contributed by atoms with Crippen LogP contribution in [0, 0.1) is 11.3 Å². The van der Waals surface area contributed by atoms with Crippen LogP contribution in [0.5, 0.6) is 0 Å². The van der Waals surface area contributed by atoms with Gasteiger partial charge in [-0.15, -0.1) is 0 Å². The van der Waals surface area contributed by atoms with Crippen LogP contribution in [0.25, 0.3) is 0 Å². The van der Waals surface area contributed by atoms with E-state index < -0.39 is 90.9 Å². The van der Waals surface area contributed by atoms with Gasteiger partial charge >= 0.3 is 35.8 Å². The SMILES string of the molecule is CC(=O)OCC1=CC(OC(C)=O)C2CC(OC(C)=O)C(C)=C(C(OC(C)=O)C(OC(C)=O)=C(C)C(OC(C)=O)CC1O)C2(C)CO. The molecule has 0 aliphatic heterocycles. The molecular weight excluding hydrogens is 608 g/mol. The van der Waals surface area contributed by atoms with Crippen molar-refractivity contribution >= 4 is 35.8 Å². The van der Waals surface area contributed by atoms with Gasteiger partial charge in [-0.05, 0) is 43.1 Å². The largest absolute Gasteiger partial charge is 0.461 e. The average molecular weight is 653 g/mol. The fourth-order valence-corrected chi connectivity index (χ4v) is 6.04. The Bertz CT molecular complexity index is 1320. The van der Waals surface area contributed by atoms with Gasteiger partial charge in [0.05, 0.1) is 12.7 Å². The minimum absolute atomic E-state index is 0.00812. The van der Waals surface area contributed by atoms with E-state index in [1.807, 2.05) is 0 Å². The zero-order chi connectivity index (χ0) is 35.1. The smallest absolute Gasteiger partial charge is 0.307 e. The number of fused-ring (bicyclic) bond motifs is 2. The Labute approximate surface area is 267 Å². The molecule has 2 rings (SSSR count). The van der Waals surface area contributed by atoms with Crippen LogP contribution >= 0.6 is 0 Å². The molecule has 2 N–H and O–H groups in total. The first-order valence-corrected chi connectivity index (χ1v) is 14.7. The van der Waals surface area contributed by atoms with Gasteiger partial charge in [0, 0.05) is 64.9 Å². The van der Waals surface area contributed by atoms with Gasteiger partial charge in [0.1, 0.15) is 24.9 Å². The van der Waals surface area contributed by atoms with E-state index >= 15 is 0 Å². The molecule has 0 saturated carbocycles. The first-order chi connectivity index (χ1) is 21.3. The molecule has 14 heteroatoms. The van der Waals surface area contributed by atoms with Gasteiger partial charge in [-0.1, -0.05) is 6.92 Å². The lowest BCUT2D eigenvalue weighted by Gasteiger charge is -2.49. The van der Waals surface area contributed by atoms with Crippen molar-refractivity contribution in [3.8, 4) is 0 Å². The summed E-state index contributed by atoms with van der Waals surface area (Å²) in [5.74, 6) is -5.68. The van der Waals surface area contributed by atoms with Gasteiger partial charge in [0.25, 0.3) is 0 Å². The van der Waals surface area contributed by atoms with Crippen LogP contribution in [0.15, 0.2) is 34.1 Å². The minimum atomic E-state index is -1.54. The molecule has 0 aromatic carbocycles. The van der Waals surface area contributed by atoms with E-state index in [0.29, 0.717) is 5.57 Å². The summed E-state index contributed by atoms with van der Waals surface area (Å²) in [5.41, 5.74) is -0.769. The number of carbonyl (C=O) groups excluding carboxylic acids is 6. The van der Waals surface area contributed by atoms with E-state index in [9.17, 15) is 39.0 Å². The molecule has 2 bridgehead atoms. The lowest BCUT2D eigenvalue weighted by atomic mass is 9.60. The number of aliphatic hydroxyl groups is 2. The normalized spacial score (nSPS) is 28.5. The fraction of sp³-hybridized carbons (Fsp3) is 0.625. The monoisotopic (exact) mass is 652 g/mol. The summed E-state index contributed by atoms with van der Waals surface area (Å²) in [7, 11) is 0. The Kier molecular flexibility index (Phi) is 13.3. The molecule has 0 radical (unpaired) electrons. The van der Waals surface area contributed by atoms with Crippen LogP contribution in [0.2, 0.25) is 0 Å². The number of ether oxygens (including phenoxy) is 6. The summed E-state index contributed by atoms with van der Waals surface area (Å²) in [5, 5.41) is 22.6. The van der Waals surface area contributed by atoms with Crippen LogP contribution in [-0.4, -0.2) is 89.8 Å². The van der Waals surface area contributed by atoms with Crippen LogP contribution in [0.3, 0.4) is 0 Å². The van der Waals surface area contributed by atoms with Crippen molar-refractivity contribution in [2.75, 3.05) is 13.2 Å². The Hall–Kier alpha value is -4.04. The van der Waals surface area contributed by atoms with Gasteiger partial charge in [-0.3, -0.25) is 28.8 Å². The van der Waals surface area contributed by atoms with Crippen molar-refractivity contribution < 1.29 is 67.4 Å². The Morgan fingerprint density at radius 2 is 1.28 bits per heavy atom. The summed E-state index contributed by atoms with van der Waals surface area (Å²) in [4.78, 5) is 74.0. The molecule has 7 atom stereocenters. The van der Waals surface area contributed by atoms with Crippen molar-refractivity contribution in [1.29, 1.82) is 0 Å².